The maximum Gasteiger partial charge on any atom is 0.416 e. The number of carbonyl (C=O) groups excluding carboxylic acids is 2. The first-order chi connectivity index (χ1) is 16.1. The second-order valence-corrected chi connectivity index (χ2v) is 8.97. The van der Waals surface area contributed by atoms with Crippen molar-refractivity contribution in [3.05, 3.63) is 100.0 Å². The summed E-state index contributed by atoms with van der Waals surface area (Å²) in [7, 11) is 1.61. The van der Waals surface area contributed by atoms with Crippen molar-refractivity contribution in [1.82, 2.24) is 5.32 Å². The highest BCUT2D eigenvalue weighted by molar-refractivity contribution is 8.04. The number of hydrogen-bond acceptors (Lipinski definition) is 3. The van der Waals surface area contributed by atoms with Crippen molar-refractivity contribution in [2.45, 2.75) is 24.0 Å². The van der Waals surface area contributed by atoms with E-state index in [1.165, 1.54) is 28.8 Å². The molecule has 0 bridgehead atoms. The predicted octanol–water partition coefficient (Wildman–Crippen LogP) is 6.31. The Balaban J connectivity index is 1.54. The molecule has 0 fully saturated rings. The van der Waals surface area contributed by atoms with E-state index in [1.54, 1.807) is 31.3 Å². The Labute approximate surface area is 199 Å². The molecule has 0 spiro atoms. The van der Waals surface area contributed by atoms with Crippen LogP contribution in [0.4, 0.5) is 18.9 Å². The zero-order chi connectivity index (χ0) is 24.5. The first-order valence-electron chi connectivity index (χ1n) is 10.5. The summed E-state index contributed by atoms with van der Waals surface area (Å²) < 4.78 is 38.4. The smallest absolute Gasteiger partial charge is 0.346 e. The Morgan fingerprint density at radius 2 is 1.71 bits per heavy atom. The molecule has 3 aromatic carbocycles. The molecular formula is C26H21F3N2O2S. The van der Waals surface area contributed by atoms with Crippen LogP contribution in [0.15, 0.2) is 82.6 Å². The first kappa shape index (κ1) is 23.6. The van der Waals surface area contributed by atoms with Gasteiger partial charge in [0, 0.05) is 17.5 Å². The van der Waals surface area contributed by atoms with Gasteiger partial charge in [-0.2, -0.15) is 13.2 Å². The quantitative estimate of drug-likeness (QED) is 0.444. The van der Waals surface area contributed by atoms with Crippen LogP contribution in [0.3, 0.4) is 0 Å². The number of alkyl halides is 3. The van der Waals surface area contributed by atoms with Gasteiger partial charge in [-0.25, -0.2) is 0 Å². The van der Waals surface area contributed by atoms with Gasteiger partial charge in [0.2, 0.25) is 0 Å². The summed E-state index contributed by atoms with van der Waals surface area (Å²) in [6.45, 7) is 1.90. The van der Waals surface area contributed by atoms with Gasteiger partial charge in [0.25, 0.3) is 11.8 Å². The van der Waals surface area contributed by atoms with Gasteiger partial charge >= 0.3 is 6.18 Å². The van der Waals surface area contributed by atoms with Crippen molar-refractivity contribution < 1.29 is 22.8 Å². The second-order valence-electron chi connectivity index (χ2n) is 7.88. The summed E-state index contributed by atoms with van der Waals surface area (Å²) in [6.07, 6.45) is -2.85. The molecular weight excluding hydrogens is 461 g/mol. The van der Waals surface area contributed by atoms with Crippen molar-refractivity contribution in [3.8, 4) is 0 Å². The largest absolute Gasteiger partial charge is 0.416 e. The summed E-state index contributed by atoms with van der Waals surface area (Å²) in [6, 6.07) is 19.2. The fourth-order valence-corrected chi connectivity index (χ4v) is 4.65. The molecule has 0 saturated heterocycles. The summed E-state index contributed by atoms with van der Waals surface area (Å²) in [5, 5.41) is 2.96. The molecule has 174 valence electrons. The molecule has 2 amide bonds. The topological polar surface area (TPSA) is 49.4 Å². The van der Waals surface area contributed by atoms with Gasteiger partial charge < -0.3 is 10.2 Å². The zero-order valence-corrected chi connectivity index (χ0v) is 19.2. The lowest BCUT2D eigenvalue weighted by molar-refractivity contribution is -0.137. The third-order valence-corrected chi connectivity index (χ3v) is 6.58. The average Bonchev–Trinajstić information content (AvgIpc) is 2.82. The third-order valence-electron chi connectivity index (χ3n) is 5.50. The number of nitrogens with zero attached hydrogens (tertiary/aromatic N) is 1. The van der Waals surface area contributed by atoms with Crippen molar-refractivity contribution in [1.29, 1.82) is 0 Å². The van der Waals surface area contributed by atoms with Crippen molar-refractivity contribution >= 4 is 35.3 Å². The molecule has 0 radical (unpaired) electrons. The van der Waals surface area contributed by atoms with E-state index in [-0.39, 0.29) is 17.9 Å². The lowest BCUT2D eigenvalue weighted by Crippen LogP contribution is -2.31. The maximum absolute atomic E-state index is 12.9. The summed E-state index contributed by atoms with van der Waals surface area (Å²) >= 11 is 1.22. The minimum atomic E-state index is -4.41. The van der Waals surface area contributed by atoms with Crippen LogP contribution in [0.25, 0.3) is 6.08 Å². The monoisotopic (exact) mass is 482 g/mol. The second kappa shape index (κ2) is 9.38. The molecule has 0 unspecified atom stereocenters. The Morgan fingerprint density at radius 1 is 1.03 bits per heavy atom. The highest BCUT2D eigenvalue weighted by Crippen LogP contribution is 2.42. The molecule has 34 heavy (non-hydrogen) atoms. The molecule has 1 aliphatic rings. The number of likely N-dealkylation sites (N-methyl/N-ethyl adjacent to an activating group) is 1. The van der Waals surface area contributed by atoms with Crippen molar-refractivity contribution in [3.63, 3.8) is 0 Å². The number of fused-ring (bicyclic) bond motifs is 1. The normalized spacial score (nSPS) is 15.7. The third kappa shape index (κ3) is 5.02. The molecule has 1 aliphatic heterocycles. The number of carbonyl (C=O) groups is 2. The van der Waals surface area contributed by atoms with Crippen LogP contribution in [0, 0.1) is 0 Å². The lowest BCUT2D eigenvalue weighted by Gasteiger charge is -2.27. The van der Waals surface area contributed by atoms with Gasteiger partial charge in [0.15, 0.2) is 0 Å². The van der Waals surface area contributed by atoms with Gasteiger partial charge in [-0.1, -0.05) is 54.2 Å². The predicted molar refractivity (Wildman–Crippen MR) is 127 cm³/mol. The minimum Gasteiger partial charge on any atom is -0.346 e. The molecule has 0 aliphatic carbocycles. The number of nitrogens with one attached hydrogen (secondary N) is 1. The Hall–Kier alpha value is -3.52. The van der Waals surface area contributed by atoms with Crippen LogP contribution in [-0.4, -0.2) is 18.9 Å². The SMILES string of the molecule is C[C@@H](NC(=O)c1ccc2c(c1)N(C)C(=O)/C(=C/c1ccc(C(F)(F)F)cc1)S2)c1ccccc1. The average molecular weight is 483 g/mol. The number of hydrogen-bond donors (Lipinski definition) is 1. The van der Waals surface area contributed by atoms with Crippen LogP contribution in [0.2, 0.25) is 0 Å². The number of benzene rings is 3. The maximum atomic E-state index is 12.9. The van der Waals surface area contributed by atoms with E-state index in [1.807, 2.05) is 37.3 Å². The van der Waals surface area contributed by atoms with Gasteiger partial charge in [0.05, 0.1) is 22.2 Å². The highest BCUT2D eigenvalue weighted by Gasteiger charge is 2.30. The molecule has 1 heterocycles. The molecule has 1 N–H and O–H groups in total. The standard InChI is InChI=1S/C26H21F3N2O2S/c1-16(18-6-4-3-5-7-18)30-24(32)19-10-13-22-21(15-19)31(2)25(33)23(34-22)14-17-8-11-20(12-9-17)26(27,28)29/h3-16H,1-2H3,(H,30,32)/b23-14-/t16-/m1/s1. The van der Waals surface area contributed by atoms with Crippen LogP contribution in [-0.2, 0) is 11.0 Å². The van der Waals surface area contributed by atoms with E-state index in [0.717, 1.165) is 22.6 Å². The van der Waals surface area contributed by atoms with Crippen molar-refractivity contribution in [2.75, 3.05) is 11.9 Å². The van der Waals surface area contributed by atoms with Crippen molar-refractivity contribution in [2.24, 2.45) is 0 Å². The molecule has 0 saturated carbocycles. The van der Waals surface area contributed by atoms with Gasteiger partial charge in [-0.3, -0.25) is 9.59 Å². The van der Waals surface area contributed by atoms with E-state index in [9.17, 15) is 22.8 Å². The fraction of sp³-hybridized carbons (Fsp3) is 0.154. The Morgan fingerprint density at radius 3 is 2.35 bits per heavy atom. The number of rotatable bonds is 4. The van der Waals surface area contributed by atoms with E-state index >= 15 is 0 Å². The number of anilines is 1. The summed E-state index contributed by atoms with van der Waals surface area (Å²) in [5.41, 5.74) is 1.75. The molecule has 4 nitrogen and oxygen atoms in total. The number of thioether (sulfide) groups is 1. The lowest BCUT2D eigenvalue weighted by atomic mass is 10.1. The van der Waals surface area contributed by atoms with Crippen LogP contribution >= 0.6 is 11.8 Å². The van der Waals surface area contributed by atoms with E-state index in [4.69, 9.17) is 0 Å². The molecule has 0 aromatic heterocycles. The molecule has 3 aromatic rings. The molecule has 4 rings (SSSR count). The Bertz CT molecular complexity index is 1260. The van der Waals surface area contributed by atoms with Crippen LogP contribution < -0.4 is 10.2 Å². The van der Waals surface area contributed by atoms with Gasteiger partial charge in [0.1, 0.15) is 0 Å². The summed E-state index contributed by atoms with van der Waals surface area (Å²) in [4.78, 5) is 28.3. The Kier molecular flexibility index (Phi) is 6.52. The highest BCUT2D eigenvalue weighted by atomic mass is 32.2. The fourth-order valence-electron chi connectivity index (χ4n) is 3.56. The van der Waals surface area contributed by atoms with Gasteiger partial charge in [-0.15, -0.1) is 0 Å². The van der Waals surface area contributed by atoms with Crippen LogP contribution in [0.5, 0.6) is 0 Å². The number of halogens is 3. The van der Waals surface area contributed by atoms with E-state index in [0.29, 0.717) is 21.7 Å². The first-order valence-corrected chi connectivity index (χ1v) is 11.3. The number of amides is 2. The zero-order valence-electron chi connectivity index (χ0n) is 18.4. The minimum absolute atomic E-state index is 0.184. The van der Waals surface area contributed by atoms with Gasteiger partial charge in [-0.05, 0) is 54.5 Å². The molecule has 8 heteroatoms. The molecule has 1 atom stereocenters. The van der Waals surface area contributed by atoms with E-state index < -0.39 is 11.7 Å². The van der Waals surface area contributed by atoms with Crippen LogP contribution in [0.1, 0.15) is 40.0 Å². The summed E-state index contributed by atoms with van der Waals surface area (Å²) in [5.74, 6) is -0.552. The van der Waals surface area contributed by atoms with E-state index in [2.05, 4.69) is 5.32 Å².